The molecular formula is C28H28ClN5O4. The number of aliphatic hydroxyl groups excluding tert-OH is 1. The van der Waals surface area contributed by atoms with E-state index in [1.54, 1.807) is 43.3 Å². The Hall–Kier alpha value is -4.04. The van der Waals surface area contributed by atoms with E-state index >= 15 is 0 Å². The van der Waals surface area contributed by atoms with Crippen molar-refractivity contribution in [2.24, 2.45) is 10.1 Å². The summed E-state index contributed by atoms with van der Waals surface area (Å²) in [5.74, 6) is 0.682. The molecule has 0 fully saturated rings. The van der Waals surface area contributed by atoms with Gasteiger partial charge in [0.05, 0.1) is 6.61 Å². The molecule has 0 saturated heterocycles. The molecule has 9 nitrogen and oxygen atoms in total. The Morgan fingerprint density at radius 3 is 2.63 bits per heavy atom. The number of aliphatic imine (C=N–C) groups is 1. The third-order valence-electron chi connectivity index (χ3n) is 6.30. The van der Waals surface area contributed by atoms with Gasteiger partial charge in [0.25, 0.3) is 5.91 Å². The van der Waals surface area contributed by atoms with Gasteiger partial charge in [-0.1, -0.05) is 53.1 Å². The predicted octanol–water partition coefficient (Wildman–Crippen LogP) is 5.51. The van der Waals surface area contributed by atoms with E-state index < -0.39 is 11.6 Å². The van der Waals surface area contributed by atoms with Gasteiger partial charge in [0, 0.05) is 47.2 Å². The lowest BCUT2D eigenvalue weighted by molar-refractivity contribution is -0.128. The normalized spacial score (nSPS) is 18.2. The molecule has 0 bridgehead atoms. The number of aliphatic hydroxyl groups is 1. The number of ether oxygens (including phenoxy) is 2. The van der Waals surface area contributed by atoms with Crippen LogP contribution in [0.2, 0.25) is 5.02 Å². The SMILES string of the molecule is C[C@H]1OC(c2ccc(OCCCO)cc2)=N[C@@]1(Cc1ccccc1N=[N+]=[N-])C(=O)NCc1ccc(Cl)cc1. The maximum absolute atomic E-state index is 13.8. The summed E-state index contributed by atoms with van der Waals surface area (Å²) >= 11 is 5.99. The van der Waals surface area contributed by atoms with E-state index in [9.17, 15) is 4.79 Å². The van der Waals surface area contributed by atoms with Crippen LogP contribution in [-0.4, -0.2) is 41.8 Å². The first-order valence-electron chi connectivity index (χ1n) is 12.2. The molecule has 3 aromatic rings. The maximum Gasteiger partial charge on any atom is 0.252 e. The Kier molecular flexibility index (Phi) is 8.86. The summed E-state index contributed by atoms with van der Waals surface area (Å²) in [5, 5.41) is 16.4. The molecule has 3 aromatic carbocycles. The summed E-state index contributed by atoms with van der Waals surface area (Å²) in [6.45, 7) is 2.56. The number of nitrogens with one attached hydrogen (secondary N) is 1. The van der Waals surface area contributed by atoms with E-state index in [4.69, 9.17) is 36.7 Å². The van der Waals surface area contributed by atoms with Crippen molar-refractivity contribution in [3.8, 4) is 5.75 Å². The van der Waals surface area contributed by atoms with Gasteiger partial charge in [0.15, 0.2) is 5.54 Å². The summed E-state index contributed by atoms with van der Waals surface area (Å²) in [6, 6.07) is 21.6. The second-order valence-electron chi connectivity index (χ2n) is 8.86. The summed E-state index contributed by atoms with van der Waals surface area (Å²) in [4.78, 5) is 21.6. The molecule has 0 unspecified atom stereocenters. The highest BCUT2D eigenvalue weighted by Gasteiger charge is 2.50. The average molecular weight is 534 g/mol. The van der Waals surface area contributed by atoms with Crippen LogP contribution in [0.5, 0.6) is 5.75 Å². The van der Waals surface area contributed by atoms with E-state index in [0.717, 1.165) is 5.56 Å². The van der Waals surface area contributed by atoms with Crippen molar-refractivity contribution in [1.82, 2.24) is 5.32 Å². The molecule has 0 aromatic heterocycles. The molecule has 2 N–H and O–H groups in total. The fourth-order valence-electron chi connectivity index (χ4n) is 4.18. The molecule has 1 heterocycles. The first kappa shape index (κ1) is 27.0. The van der Waals surface area contributed by atoms with Crippen LogP contribution in [0.25, 0.3) is 10.4 Å². The zero-order valence-corrected chi connectivity index (χ0v) is 21.6. The van der Waals surface area contributed by atoms with E-state index in [-0.39, 0.29) is 25.5 Å². The minimum atomic E-state index is -1.31. The van der Waals surface area contributed by atoms with Crippen LogP contribution in [0.15, 0.2) is 82.9 Å². The zero-order valence-electron chi connectivity index (χ0n) is 20.9. The van der Waals surface area contributed by atoms with Crippen LogP contribution in [0.1, 0.15) is 30.0 Å². The molecule has 4 rings (SSSR count). The van der Waals surface area contributed by atoms with Gasteiger partial charge in [0.2, 0.25) is 5.90 Å². The van der Waals surface area contributed by atoms with Crippen LogP contribution in [0.3, 0.4) is 0 Å². The molecule has 0 spiro atoms. The monoisotopic (exact) mass is 533 g/mol. The van der Waals surface area contributed by atoms with E-state index in [0.29, 0.717) is 46.5 Å². The van der Waals surface area contributed by atoms with Gasteiger partial charge in [-0.25, -0.2) is 4.99 Å². The number of azide groups is 1. The molecular weight excluding hydrogens is 506 g/mol. The van der Waals surface area contributed by atoms with Crippen molar-refractivity contribution in [3.63, 3.8) is 0 Å². The van der Waals surface area contributed by atoms with Gasteiger partial charge in [-0.2, -0.15) is 0 Å². The summed E-state index contributed by atoms with van der Waals surface area (Å²) in [5.41, 5.74) is 10.4. The van der Waals surface area contributed by atoms with Crippen LogP contribution in [0.4, 0.5) is 5.69 Å². The summed E-state index contributed by atoms with van der Waals surface area (Å²) in [6.07, 6.45) is 0.101. The second kappa shape index (κ2) is 12.5. The number of hydrogen-bond acceptors (Lipinski definition) is 6. The van der Waals surface area contributed by atoms with Crippen molar-refractivity contribution in [2.75, 3.05) is 13.2 Å². The second-order valence-corrected chi connectivity index (χ2v) is 9.29. The Morgan fingerprint density at radius 1 is 1.18 bits per heavy atom. The number of benzene rings is 3. The minimum absolute atomic E-state index is 0.0611. The van der Waals surface area contributed by atoms with Crippen molar-refractivity contribution >= 4 is 29.1 Å². The highest BCUT2D eigenvalue weighted by atomic mass is 35.5. The Balaban J connectivity index is 1.65. The first-order chi connectivity index (χ1) is 18.4. The average Bonchev–Trinajstić information content (AvgIpc) is 3.26. The Labute approximate surface area is 225 Å². The van der Waals surface area contributed by atoms with E-state index in [1.165, 1.54) is 0 Å². The lowest BCUT2D eigenvalue weighted by Gasteiger charge is -2.28. The third kappa shape index (κ3) is 6.26. The Bertz CT molecular complexity index is 1340. The van der Waals surface area contributed by atoms with Crippen LogP contribution in [0, 0.1) is 0 Å². The number of carbonyl (C=O) groups excluding carboxylic acids is 1. The molecule has 38 heavy (non-hydrogen) atoms. The van der Waals surface area contributed by atoms with Gasteiger partial charge in [-0.05, 0) is 60.0 Å². The van der Waals surface area contributed by atoms with Crippen molar-refractivity contribution < 1.29 is 19.4 Å². The predicted molar refractivity (Wildman–Crippen MR) is 146 cm³/mol. The van der Waals surface area contributed by atoms with Crippen LogP contribution >= 0.6 is 11.6 Å². The largest absolute Gasteiger partial charge is 0.494 e. The summed E-state index contributed by atoms with van der Waals surface area (Å²) in [7, 11) is 0. The number of halogens is 1. The van der Waals surface area contributed by atoms with Crippen molar-refractivity contribution in [1.29, 1.82) is 0 Å². The fourth-order valence-corrected chi connectivity index (χ4v) is 4.30. The van der Waals surface area contributed by atoms with Crippen molar-refractivity contribution in [3.05, 3.63) is 105 Å². The fraction of sp³-hybridized carbons (Fsp3) is 0.286. The molecule has 2 atom stereocenters. The van der Waals surface area contributed by atoms with Crippen molar-refractivity contribution in [2.45, 2.75) is 38.0 Å². The number of rotatable bonds is 11. The van der Waals surface area contributed by atoms with E-state index in [2.05, 4.69) is 15.3 Å². The quantitative estimate of drug-likeness (QED) is 0.146. The molecule has 1 aliphatic heterocycles. The van der Waals surface area contributed by atoms with Gasteiger partial charge in [-0.15, -0.1) is 0 Å². The standard InChI is InChI=1S/C28H28ClN5O4/c1-19-28(17-22-5-2-3-6-25(22)33-34-30,27(36)31-18-20-7-11-23(29)12-8-20)32-26(38-19)21-9-13-24(14-10-21)37-16-4-15-35/h2-3,5-14,19,35H,4,15-18H2,1H3,(H,31,36)/t19-,28-/m1/s1. The van der Waals surface area contributed by atoms with Gasteiger partial charge in [0.1, 0.15) is 11.9 Å². The molecule has 0 aliphatic carbocycles. The third-order valence-corrected chi connectivity index (χ3v) is 6.55. The molecule has 0 saturated carbocycles. The number of hydrogen-bond donors (Lipinski definition) is 2. The number of nitrogens with zero attached hydrogens (tertiary/aromatic N) is 4. The van der Waals surface area contributed by atoms with Gasteiger partial charge in [-0.3, -0.25) is 4.79 Å². The number of amides is 1. The minimum Gasteiger partial charge on any atom is -0.494 e. The smallest absolute Gasteiger partial charge is 0.252 e. The lowest BCUT2D eigenvalue weighted by atomic mass is 9.85. The molecule has 0 radical (unpaired) electrons. The highest BCUT2D eigenvalue weighted by molar-refractivity contribution is 6.30. The van der Waals surface area contributed by atoms with Gasteiger partial charge < -0.3 is 19.9 Å². The molecule has 1 amide bonds. The molecule has 196 valence electrons. The summed E-state index contributed by atoms with van der Waals surface area (Å²) < 4.78 is 11.8. The lowest BCUT2D eigenvalue weighted by Crippen LogP contribution is -2.52. The Morgan fingerprint density at radius 2 is 1.92 bits per heavy atom. The van der Waals surface area contributed by atoms with Crippen LogP contribution in [-0.2, 0) is 22.5 Å². The topological polar surface area (TPSA) is 129 Å². The van der Waals surface area contributed by atoms with Crippen LogP contribution < -0.4 is 10.1 Å². The van der Waals surface area contributed by atoms with E-state index in [1.807, 2.05) is 36.4 Å². The molecule has 10 heteroatoms. The number of carbonyl (C=O) groups is 1. The zero-order chi connectivity index (χ0) is 27.0. The van der Waals surface area contributed by atoms with Gasteiger partial charge >= 0.3 is 0 Å². The first-order valence-corrected chi connectivity index (χ1v) is 12.6. The molecule has 1 aliphatic rings. The maximum atomic E-state index is 13.8. The highest BCUT2D eigenvalue weighted by Crippen LogP contribution is 2.35.